The number of aromatic nitrogens is 2. The summed E-state index contributed by atoms with van der Waals surface area (Å²) in [5, 5.41) is 13.6. The van der Waals surface area contributed by atoms with E-state index >= 15 is 0 Å². The summed E-state index contributed by atoms with van der Waals surface area (Å²) in [6.45, 7) is 6.29. The summed E-state index contributed by atoms with van der Waals surface area (Å²) in [7, 11) is 0. The molecule has 2 amide bonds. The second-order valence-corrected chi connectivity index (χ2v) is 12.2. The molecular formula is C33H41N5O5. The Morgan fingerprint density at radius 3 is 2.77 bits per heavy atom. The molecule has 1 aromatic carbocycles. The van der Waals surface area contributed by atoms with E-state index in [1.165, 1.54) is 17.5 Å². The smallest absolute Gasteiger partial charge is 0.251 e. The Balaban J connectivity index is 0.943. The van der Waals surface area contributed by atoms with Crippen LogP contribution in [0.25, 0.3) is 0 Å². The molecule has 6 rings (SSSR count). The third-order valence-electron chi connectivity index (χ3n) is 8.97. The number of pyridine rings is 1. The minimum Gasteiger partial charge on any atom is -0.485 e. The molecule has 10 heteroatoms. The first-order valence-corrected chi connectivity index (χ1v) is 15.5. The Morgan fingerprint density at radius 1 is 1.16 bits per heavy atom. The van der Waals surface area contributed by atoms with Gasteiger partial charge in [0.05, 0.1) is 12.3 Å². The molecule has 0 spiro atoms. The molecule has 1 saturated heterocycles. The fourth-order valence-corrected chi connectivity index (χ4v) is 6.30. The molecule has 2 N–H and O–H groups in total. The van der Waals surface area contributed by atoms with Gasteiger partial charge in [-0.2, -0.15) is 0 Å². The second-order valence-electron chi connectivity index (χ2n) is 12.2. The number of nitrogens with zero attached hydrogens (tertiary/aromatic N) is 4. The van der Waals surface area contributed by atoms with Crippen LogP contribution in [0.3, 0.4) is 0 Å². The Labute approximate surface area is 252 Å². The van der Waals surface area contributed by atoms with E-state index in [2.05, 4.69) is 33.2 Å². The van der Waals surface area contributed by atoms with E-state index in [-0.39, 0.29) is 18.4 Å². The minimum absolute atomic E-state index is 0.181. The van der Waals surface area contributed by atoms with Crippen LogP contribution in [0, 0.1) is 18.8 Å². The van der Waals surface area contributed by atoms with E-state index in [9.17, 15) is 14.7 Å². The van der Waals surface area contributed by atoms with Crippen molar-refractivity contribution in [3.63, 3.8) is 0 Å². The number of β-amino-alcohol motifs (C(OH)–C–C–N with tert-alkyl or cyclic N) is 1. The molecule has 2 fully saturated rings. The van der Waals surface area contributed by atoms with Gasteiger partial charge in [-0.05, 0) is 86.3 Å². The molecule has 1 aliphatic carbocycles. The largest absolute Gasteiger partial charge is 0.485 e. The molecule has 4 heterocycles. The minimum atomic E-state index is -0.680. The predicted octanol–water partition coefficient (Wildman–Crippen LogP) is 3.30. The van der Waals surface area contributed by atoms with Crippen LogP contribution in [0.15, 0.2) is 47.5 Å². The van der Waals surface area contributed by atoms with E-state index in [4.69, 9.17) is 9.15 Å². The first-order valence-electron chi connectivity index (χ1n) is 15.5. The van der Waals surface area contributed by atoms with Crippen LogP contribution < -0.4 is 10.1 Å². The summed E-state index contributed by atoms with van der Waals surface area (Å²) in [5.74, 6) is 2.40. The number of ether oxygens (including phenoxy) is 1. The molecule has 3 aliphatic rings. The van der Waals surface area contributed by atoms with Gasteiger partial charge >= 0.3 is 0 Å². The van der Waals surface area contributed by atoms with Crippen LogP contribution in [0.2, 0.25) is 0 Å². The third-order valence-corrected chi connectivity index (χ3v) is 8.97. The SMILES string of the molecule is Cc1c(OCc2cnco2)ccc2c1CCN(C[C@@H](O)CNC(=O)c1ccnc(CC3CCN(C(=O)C4CC4)CC3)c1)C2. The van der Waals surface area contributed by atoms with E-state index in [0.717, 1.165) is 81.7 Å². The molecule has 43 heavy (non-hydrogen) atoms. The van der Waals surface area contributed by atoms with Gasteiger partial charge < -0.3 is 24.5 Å². The molecule has 0 radical (unpaired) electrons. The molecule has 2 aliphatic heterocycles. The van der Waals surface area contributed by atoms with Crippen molar-refractivity contribution in [3.8, 4) is 5.75 Å². The van der Waals surface area contributed by atoms with E-state index in [1.54, 1.807) is 18.5 Å². The highest BCUT2D eigenvalue weighted by molar-refractivity contribution is 5.94. The van der Waals surface area contributed by atoms with Gasteiger partial charge in [0.25, 0.3) is 5.91 Å². The maximum Gasteiger partial charge on any atom is 0.251 e. The van der Waals surface area contributed by atoms with E-state index in [1.807, 2.05) is 17.0 Å². The van der Waals surface area contributed by atoms with Gasteiger partial charge in [0, 0.05) is 62.6 Å². The lowest BCUT2D eigenvalue weighted by Crippen LogP contribution is -2.42. The number of likely N-dealkylation sites (tertiary alicyclic amines) is 1. The number of amides is 2. The number of fused-ring (bicyclic) bond motifs is 1. The number of aliphatic hydroxyl groups excluding tert-OH is 1. The van der Waals surface area contributed by atoms with Gasteiger partial charge in [0.1, 0.15) is 12.4 Å². The zero-order valence-electron chi connectivity index (χ0n) is 24.8. The van der Waals surface area contributed by atoms with Crippen LogP contribution in [-0.4, -0.2) is 75.5 Å². The first kappa shape index (κ1) is 29.3. The van der Waals surface area contributed by atoms with E-state index in [0.29, 0.717) is 36.3 Å². The van der Waals surface area contributed by atoms with Crippen LogP contribution in [0.1, 0.15) is 64.2 Å². The summed E-state index contributed by atoms with van der Waals surface area (Å²) < 4.78 is 11.2. The van der Waals surface area contributed by atoms with Crippen molar-refractivity contribution in [1.82, 2.24) is 25.1 Å². The summed E-state index contributed by atoms with van der Waals surface area (Å²) in [6, 6.07) is 7.66. The van der Waals surface area contributed by atoms with Gasteiger partial charge in [-0.3, -0.25) is 19.5 Å². The number of nitrogens with one attached hydrogen (secondary N) is 1. The molecule has 10 nitrogen and oxygen atoms in total. The van der Waals surface area contributed by atoms with Gasteiger partial charge in [-0.1, -0.05) is 6.07 Å². The zero-order valence-corrected chi connectivity index (χ0v) is 24.8. The number of rotatable bonds is 11. The molecule has 0 unspecified atom stereocenters. The summed E-state index contributed by atoms with van der Waals surface area (Å²) >= 11 is 0. The molecule has 1 atom stereocenters. The number of carbonyl (C=O) groups excluding carboxylic acids is 2. The lowest BCUT2D eigenvalue weighted by atomic mass is 9.91. The number of carbonyl (C=O) groups is 2. The maximum absolute atomic E-state index is 12.9. The molecule has 1 saturated carbocycles. The van der Waals surface area contributed by atoms with Crippen molar-refractivity contribution in [3.05, 3.63) is 76.8 Å². The molecule has 228 valence electrons. The summed E-state index contributed by atoms with van der Waals surface area (Å²) in [6.07, 6.45) is 9.77. The fraction of sp³-hybridized carbons (Fsp3) is 0.515. The highest BCUT2D eigenvalue weighted by Crippen LogP contribution is 2.33. The van der Waals surface area contributed by atoms with Gasteiger partial charge in [-0.25, -0.2) is 4.98 Å². The second kappa shape index (κ2) is 13.3. The Kier molecular flexibility index (Phi) is 9.04. The number of aliphatic hydroxyl groups is 1. The molecule has 2 aromatic heterocycles. The molecular weight excluding hydrogens is 546 g/mol. The van der Waals surface area contributed by atoms with Gasteiger partial charge in [0.15, 0.2) is 12.2 Å². The normalized spacial score (nSPS) is 18.2. The topological polar surface area (TPSA) is 121 Å². The van der Waals surface area contributed by atoms with Crippen LogP contribution in [0.5, 0.6) is 5.75 Å². The highest BCUT2D eigenvalue weighted by atomic mass is 16.5. The highest BCUT2D eigenvalue weighted by Gasteiger charge is 2.35. The fourth-order valence-electron chi connectivity index (χ4n) is 6.30. The quantitative estimate of drug-likeness (QED) is 0.351. The first-order chi connectivity index (χ1) is 20.9. The van der Waals surface area contributed by atoms with Crippen molar-refractivity contribution in [2.45, 2.75) is 64.7 Å². The van der Waals surface area contributed by atoms with Gasteiger partial charge in [-0.15, -0.1) is 0 Å². The standard InChI is InChI=1S/C33H41N5O5/c1-22-30-9-11-37(18-26(30)4-5-31(22)42-20-29-17-34-21-43-29)19-28(39)16-36-32(40)25-6-10-35-27(15-25)14-23-7-12-38(13-8-23)33(41)24-2-3-24/h4-6,10,15,17,21,23-24,28,39H,2-3,7-9,11-14,16,18-20H2,1H3,(H,36,40)/t28-/m0/s1. The maximum atomic E-state index is 12.9. The van der Waals surface area contributed by atoms with Crippen molar-refractivity contribution < 1.29 is 23.8 Å². The third kappa shape index (κ3) is 7.43. The van der Waals surface area contributed by atoms with Crippen molar-refractivity contribution in [2.75, 3.05) is 32.7 Å². The van der Waals surface area contributed by atoms with Gasteiger partial charge in [0.2, 0.25) is 5.91 Å². The Hall–Kier alpha value is -3.76. The predicted molar refractivity (Wildman–Crippen MR) is 159 cm³/mol. The van der Waals surface area contributed by atoms with Crippen molar-refractivity contribution >= 4 is 11.8 Å². The lowest BCUT2D eigenvalue weighted by Gasteiger charge is -2.32. The van der Waals surface area contributed by atoms with Crippen molar-refractivity contribution in [2.24, 2.45) is 11.8 Å². The molecule has 3 aromatic rings. The Morgan fingerprint density at radius 2 is 2.00 bits per heavy atom. The summed E-state index contributed by atoms with van der Waals surface area (Å²) in [4.78, 5) is 37.9. The average molecular weight is 588 g/mol. The number of hydrogen-bond acceptors (Lipinski definition) is 8. The van der Waals surface area contributed by atoms with Crippen LogP contribution in [0.4, 0.5) is 0 Å². The van der Waals surface area contributed by atoms with Crippen LogP contribution >= 0.6 is 0 Å². The number of oxazole rings is 1. The monoisotopic (exact) mass is 587 g/mol. The average Bonchev–Trinajstić information content (AvgIpc) is 3.74. The number of benzene rings is 1. The lowest BCUT2D eigenvalue weighted by molar-refractivity contribution is -0.133. The molecule has 0 bridgehead atoms. The zero-order chi connectivity index (χ0) is 29.8. The van der Waals surface area contributed by atoms with Crippen LogP contribution in [-0.2, 0) is 30.8 Å². The number of hydrogen-bond donors (Lipinski definition) is 2. The van der Waals surface area contributed by atoms with Crippen molar-refractivity contribution in [1.29, 1.82) is 0 Å². The number of piperidine rings is 1. The summed E-state index contributed by atoms with van der Waals surface area (Å²) in [5.41, 5.74) is 5.11. The Bertz CT molecular complexity index is 1420. The van der Waals surface area contributed by atoms with E-state index < -0.39 is 6.10 Å².